The summed E-state index contributed by atoms with van der Waals surface area (Å²) in [7, 11) is 1.43. The summed E-state index contributed by atoms with van der Waals surface area (Å²) < 4.78 is 28.0. The molecule has 0 unspecified atom stereocenters. The molecule has 0 spiro atoms. The summed E-state index contributed by atoms with van der Waals surface area (Å²) in [5.74, 6) is -2.68. The molecule has 4 rings (SSSR count). The van der Waals surface area contributed by atoms with E-state index in [0.717, 1.165) is 29.2 Å². The Hall–Kier alpha value is -7.27. The Labute approximate surface area is 328 Å². The second kappa shape index (κ2) is 21.7. The van der Waals surface area contributed by atoms with Crippen molar-refractivity contribution in [3.05, 3.63) is 92.3 Å². The van der Waals surface area contributed by atoms with E-state index in [2.05, 4.69) is 20.9 Å². The predicted molar refractivity (Wildman–Crippen MR) is 196 cm³/mol. The van der Waals surface area contributed by atoms with Crippen LogP contribution in [0.4, 0.5) is 22.1 Å². The van der Waals surface area contributed by atoms with Crippen molar-refractivity contribution in [2.45, 2.75) is 26.1 Å². The van der Waals surface area contributed by atoms with Gasteiger partial charge in [-0.3, -0.25) is 39.0 Å². The number of imide groups is 1. The molecule has 5 amide bonds. The van der Waals surface area contributed by atoms with Gasteiger partial charge >= 0.3 is 12.1 Å². The molecule has 2 heterocycles. The van der Waals surface area contributed by atoms with Crippen LogP contribution in [0.1, 0.15) is 24.1 Å². The zero-order chi connectivity index (χ0) is 42.0. The van der Waals surface area contributed by atoms with E-state index >= 15 is 0 Å². The van der Waals surface area contributed by atoms with Crippen molar-refractivity contribution in [1.82, 2.24) is 25.1 Å². The number of nitro benzene ring substituents is 1. The molecule has 23 heteroatoms. The smallest absolute Gasteiger partial charge is 0.484 e. The number of carbonyl (C=O) groups is 6. The molecule has 0 fully saturated rings. The molecular weight excluding hydrogens is 772 g/mol. The predicted octanol–water partition coefficient (Wildman–Crippen LogP) is 1.44. The van der Waals surface area contributed by atoms with E-state index in [0.29, 0.717) is 11.3 Å². The molecule has 1 aliphatic heterocycles. The number of hydrogen-bond donors (Lipinski definition) is 3. The van der Waals surface area contributed by atoms with Gasteiger partial charge in [0.25, 0.3) is 17.5 Å². The van der Waals surface area contributed by atoms with Gasteiger partial charge in [0.05, 0.1) is 50.6 Å². The zero-order valence-electron chi connectivity index (χ0n) is 30.9. The van der Waals surface area contributed by atoms with Gasteiger partial charge in [-0.25, -0.2) is 9.36 Å². The number of rotatable bonds is 23. The Kier molecular flexibility index (Phi) is 16.3. The van der Waals surface area contributed by atoms with Gasteiger partial charge in [-0.05, 0) is 34.8 Å². The molecule has 3 aromatic rings. The number of hydrogen-bond acceptors (Lipinski definition) is 16. The van der Waals surface area contributed by atoms with Crippen LogP contribution in [0.2, 0.25) is 0 Å². The van der Waals surface area contributed by atoms with E-state index in [1.54, 1.807) is 0 Å². The van der Waals surface area contributed by atoms with Crippen molar-refractivity contribution in [2.75, 3.05) is 51.4 Å². The number of nitrogens with one attached hydrogen (secondary N) is 3. The second-order valence-corrected chi connectivity index (χ2v) is 11.9. The van der Waals surface area contributed by atoms with E-state index in [-0.39, 0.29) is 94.4 Å². The van der Waals surface area contributed by atoms with Gasteiger partial charge in [0.2, 0.25) is 17.7 Å². The van der Waals surface area contributed by atoms with Crippen LogP contribution in [0, 0.1) is 20.2 Å². The van der Waals surface area contributed by atoms with Crippen LogP contribution in [0.25, 0.3) is 0 Å². The van der Waals surface area contributed by atoms with E-state index in [1.807, 2.05) is 0 Å². The summed E-state index contributed by atoms with van der Waals surface area (Å²) in [6.07, 6.45) is 2.33. The minimum Gasteiger partial charge on any atom is -0.484 e. The van der Waals surface area contributed by atoms with Gasteiger partial charge in [0.1, 0.15) is 30.9 Å². The van der Waals surface area contributed by atoms with Crippen molar-refractivity contribution < 1.29 is 62.3 Å². The fraction of sp³-hybridized carbons (Fsp3) is 0.343. The van der Waals surface area contributed by atoms with Gasteiger partial charge in [-0.2, -0.15) is 0 Å². The Morgan fingerprint density at radius 2 is 1.50 bits per heavy atom. The number of ether oxygens (including phenoxy) is 5. The molecule has 0 saturated heterocycles. The Balaban J connectivity index is 1.18. The minimum absolute atomic E-state index is 0.00522. The van der Waals surface area contributed by atoms with Crippen molar-refractivity contribution >= 4 is 53.0 Å². The minimum atomic E-state index is -1.11. The number of amides is 5. The van der Waals surface area contributed by atoms with Crippen molar-refractivity contribution in [1.29, 1.82) is 0 Å². The quantitative estimate of drug-likeness (QED) is 0.0305. The fourth-order valence-electron chi connectivity index (χ4n) is 4.85. The first-order valence-electron chi connectivity index (χ1n) is 17.3. The summed E-state index contributed by atoms with van der Waals surface area (Å²) in [5.41, 5.74) is 0.627. The van der Waals surface area contributed by atoms with Gasteiger partial charge in [-0.15, -0.1) is 0 Å². The highest BCUT2D eigenvalue weighted by Gasteiger charge is 2.23. The first-order chi connectivity index (χ1) is 27.8. The van der Waals surface area contributed by atoms with Crippen LogP contribution < -0.4 is 25.4 Å². The Bertz CT molecular complexity index is 2020. The molecule has 0 bridgehead atoms. The normalized spacial score (nSPS) is 11.9. The lowest BCUT2D eigenvalue weighted by Crippen LogP contribution is -2.35. The third-order valence-electron chi connectivity index (χ3n) is 7.85. The van der Waals surface area contributed by atoms with Crippen molar-refractivity contribution in [2.24, 2.45) is 7.05 Å². The number of anilines is 1. The molecule has 1 aromatic heterocycles. The van der Waals surface area contributed by atoms with Crippen LogP contribution in [-0.4, -0.2) is 106 Å². The first-order valence-corrected chi connectivity index (χ1v) is 17.3. The fourth-order valence-corrected chi connectivity index (χ4v) is 4.85. The molecule has 0 radical (unpaired) electrons. The molecule has 2 aromatic carbocycles. The van der Waals surface area contributed by atoms with Gasteiger partial charge in [-0.1, -0.05) is 11.1 Å². The van der Waals surface area contributed by atoms with Crippen LogP contribution in [-0.2, 0) is 58.4 Å². The number of carbonyl (C=O) groups excluding carboxylic acids is 6. The molecule has 3 N–H and O–H groups in total. The van der Waals surface area contributed by atoms with Gasteiger partial charge < -0.3 is 49.7 Å². The highest BCUT2D eigenvalue weighted by molar-refractivity contribution is 6.13. The van der Waals surface area contributed by atoms with Crippen LogP contribution in [0.5, 0.6) is 11.5 Å². The van der Waals surface area contributed by atoms with Crippen LogP contribution in [0.15, 0.2) is 60.8 Å². The third-order valence-corrected chi connectivity index (χ3v) is 7.85. The van der Waals surface area contributed by atoms with E-state index < -0.39 is 52.1 Å². The van der Waals surface area contributed by atoms with E-state index in [4.69, 9.17) is 23.7 Å². The number of imidazole rings is 1. The second-order valence-electron chi connectivity index (χ2n) is 11.9. The van der Waals surface area contributed by atoms with Crippen LogP contribution >= 0.6 is 0 Å². The molecule has 23 nitrogen and oxygen atoms in total. The number of benzene rings is 2. The molecular formula is C35H38N8O15. The third kappa shape index (κ3) is 13.8. The summed E-state index contributed by atoms with van der Waals surface area (Å²) in [4.78, 5) is 97.9. The van der Waals surface area contributed by atoms with E-state index in [1.165, 1.54) is 48.1 Å². The standard InChI is InChI=1S/C35H38N8O15/c1-40-25(19-38-34(40)43(52)53)22-56-28-7-2-23(21-57-35(49)58-26-5-3-24(4-6-26)42(50)51)18-27(28)39-31(46)20-37-30(45)11-14-54-16-17-55-15-12-36-29(44)10-13-41-32(47)8-9-33(41)48/h2-9,18-19H,10-17,20-22H2,1H3,(H,36,44)(H,37,45)(H,39,46). The molecule has 0 aliphatic carbocycles. The number of non-ortho nitro benzene ring substituents is 1. The summed E-state index contributed by atoms with van der Waals surface area (Å²) in [6.45, 7) is -0.239. The highest BCUT2D eigenvalue weighted by Crippen LogP contribution is 2.28. The lowest BCUT2D eigenvalue weighted by Gasteiger charge is -2.14. The highest BCUT2D eigenvalue weighted by atomic mass is 16.7. The summed E-state index contributed by atoms with van der Waals surface area (Å²) >= 11 is 0. The Morgan fingerprint density at radius 1 is 0.810 bits per heavy atom. The molecule has 0 saturated carbocycles. The monoisotopic (exact) mass is 810 g/mol. The molecule has 1 aliphatic rings. The maximum atomic E-state index is 12.9. The maximum Gasteiger partial charge on any atom is 0.514 e. The van der Waals surface area contributed by atoms with Gasteiger partial charge in [0.15, 0.2) is 5.69 Å². The number of aromatic nitrogens is 2. The van der Waals surface area contributed by atoms with E-state index in [9.17, 15) is 49.0 Å². The number of nitro groups is 2. The van der Waals surface area contributed by atoms with Gasteiger partial charge in [0, 0.05) is 50.2 Å². The van der Waals surface area contributed by atoms with Crippen molar-refractivity contribution in [3.63, 3.8) is 0 Å². The molecule has 308 valence electrons. The van der Waals surface area contributed by atoms with Crippen LogP contribution in [0.3, 0.4) is 0 Å². The maximum absolute atomic E-state index is 12.9. The average molecular weight is 811 g/mol. The first kappa shape index (κ1) is 43.5. The SMILES string of the molecule is Cn1c(COc2ccc(COC(=O)Oc3ccc([N+](=O)[O-])cc3)cc2NC(=O)CNC(=O)CCOCCOCCNC(=O)CCN2C(=O)C=CC2=O)cnc1[N+](=O)[O-]. The zero-order valence-corrected chi connectivity index (χ0v) is 30.9. The summed E-state index contributed by atoms with van der Waals surface area (Å²) in [6, 6.07) is 9.16. The molecule has 58 heavy (non-hydrogen) atoms. The average Bonchev–Trinajstić information content (AvgIpc) is 3.73. The summed E-state index contributed by atoms with van der Waals surface area (Å²) in [5, 5.41) is 29.7. The number of nitrogens with zero attached hydrogens (tertiary/aromatic N) is 5. The lowest BCUT2D eigenvalue weighted by atomic mass is 10.2. The Morgan fingerprint density at radius 3 is 2.17 bits per heavy atom. The largest absolute Gasteiger partial charge is 0.514 e. The lowest BCUT2D eigenvalue weighted by molar-refractivity contribution is -0.396. The molecule has 0 atom stereocenters. The van der Waals surface area contributed by atoms with Crippen molar-refractivity contribution in [3.8, 4) is 11.5 Å². The topological polar surface area (TPSA) is 292 Å².